The molecule has 0 saturated heterocycles. The van der Waals surface area contributed by atoms with Gasteiger partial charge in [0.05, 0.1) is 24.0 Å². The largest absolute Gasteiger partial charge is 0.511 e. The number of aryl methyl sites for hydroxylation is 1. The van der Waals surface area contributed by atoms with Gasteiger partial charge in [0.2, 0.25) is 11.7 Å². The topological polar surface area (TPSA) is 111 Å². The molecule has 1 aliphatic rings. The van der Waals surface area contributed by atoms with Gasteiger partial charge in [0.25, 0.3) is 5.56 Å². The van der Waals surface area contributed by atoms with Crippen LogP contribution >= 0.6 is 0 Å². The Morgan fingerprint density at radius 2 is 1.83 bits per heavy atom. The Kier molecular flexibility index (Phi) is 6.21. The standard InChI is InChI=1S/C24H20F3N3O6/c1-13-15(4-3-5-17(13)24(25,26)27)11-30-21(32)19(36-23(34)35)12-29(22(30)33)16-7-8-18-14(10-16)6-9-20(31)28(18)2/h3-5,7-8,10,12H,6,9,11H2,1-2H3,(H,34,35). The number of aromatic nitrogens is 2. The van der Waals surface area contributed by atoms with E-state index >= 15 is 0 Å². The Bertz CT molecular complexity index is 1510. The number of alkyl halides is 3. The molecule has 0 atom stereocenters. The highest BCUT2D eigenvalue weighted by Crippen LogP contribution is 2.33. The molecule has 0 fully saturated rings. The van der Waals surface area contributed by atoms with Gasteiger partial charge in [0, 0.05) is 19.2 Å². The van der Waals surface area contributed by atoms with Crippen LogP contribution in [0.2, 0.25) is 0 Å². The summed E-state index contributed by atoms with van der Waals surface area (Å²) in [6.07, 6.45) is -4.86. The van der Waals surface area contributed by atoms with Crippen LogP contribution in [0.3, 0.4) is 0 Å². The Morgan fingerprint density at radius 1 is 1.11 bits per heavy atom. The minimum absolute atomic E-state index is 0.0497. The molecule has 0 spiro atoms. The first-order chi connectivity index (χ1) is 16.9. The van der Waals surface area contributed by atoms with E-state index in [0.717, 1.165) is 28.5 Å². The van der Waals surface area contributed by atoms with Crippen LogP contribution in [-0.2, 0) is 23.9 Å². The molecule has 36 heavy (non-hydrogen) atoms. The zero-order chi connectivity index (χ0) is 26.4. The molecule has 1 amide bonds. The van der Waals surface area contributed by atoms with Crippen LogP contribution in [-0.4, -0.2) is 33.4 Å². The van der Waals surface area contributed by atoms with Crippen molar-refractivity contribution in [3.63, 3.8) is 0 Å². The van der Waals surface area contributed by atoms with Crippen molar-refractivity contribution in [1.29, 1.82) is 0 Å². The quantitative estimate of drug-likeness (QED) is 0.547. The van der Waals surface area contributed by atoms with E-state index in [4.69, 9.17) is 5.11 Å². The number of nitrogens with zero attached hydrogens (tertiary/aromatic N) is 3. The van der Waals surface area contributed by atoms with E-state index in [1.165, 1.54) is 24.0 Å². The number of carboxylic acid groups (broad SMARTS) is 1. The molecular formula is C24H20F3N3O6. The lowest BCUT2D eigenvalue weighted by atomic mass is 10.0. The van der Waals surface area contributed by atoms with Crippen molar-refractivity contribution >= 4 is 17.7 Å². The number of hydrogen-bond donors (Lipinski definition) is 1. The second kappa shape index (κ2) is 9.02. The molecule has 3 aromatic rings. The summed E-state index contributed by atoms with van der Waals surface area (Å²) in [5, 5.41) is 9.06. The summed E-state index contributed by atoms with van der Waals surface area (Å²) in [5.41, 5.74) is -1.42. The molecule has 0 bridgehead atoms. The number of hydrogen-bond acceptors (Lipinski definition) is 5. The number of ether oxygens (including phenoxy) is 1. The van der Waals surface area contributed by atoms with Crippen molar-refractivity contribution in [3.8, 4) is 11.4 Å². The number of carbonyl (C=O) groups excluding carboxylic acids is 1. The molecule has 1 aromatic heterocycles. The zero-order valence-electron chi connectivity index (χ0n) is 19.1. The SMILES string of the molecule is Cc1c(Cn2c(=O)c(OC(=O)O)cn(-c3ccc4c(c3)CCC(=O)N4C)c2=O)cccc1C(F)(F)F. The molecule has 188 valence electrons. The Balaban J connectivity index is 1.88. The highest BCUT2D eigenvalue weighted by atomic mass is 19.4. The molecule has 0 radical (unpaired) electrons. The van der Waals surface area contributed by atoms with E-state index in [-0.39, 0.29) is 29.1 Å². The summed E-state index contributed by atoms with van der Waals surface area (Å²) in [4.78, 5) is 50.9. The van der Waals surface area contributed by atoms with E-state index < -0.39 is 41.4 Å². The molecule has 2 aromatic carbocycles. The summed E-state index contributed by atoms with van der Waals surface area (Å²) < 4.78 is 46.3. The molecular weight excluding hydrogens is 483 g/mol. The lowest BCUT2D eigenvalue weighted by molar-refractivity contribution is -0.138. The molecule has 1 aliphatic heterocycles. The first kappa shape index (κ1) is 24.8. The summed E-state index contributed by atoms with van der Waals surface area (Å²) >= 11 is 0. The first-order valence-electron chi connectivity index (χ1n) is 10.7. The van der Waals surface area contributed by atoms with Crippen LogP contribution in [0.5, 0.6) is 5.75 Å². The number of fused-ring (bicyclic) bond motifs is 1. The molecule has 12 heteroatoms. The molecule has 0 aliphatic carbocycles. The molecule has 0 unspecified atom stereocenters. The number of carbonyl (C=O) groups is 2. The van der Waals surface area contributed by atoms with Gasteiger partial charge in [-0.25, -0.2) is 9.59 Å². The Labute approximate surface area is 201 Å². The van der Waals surface area contributed by atoms with Crippen LogP contribution in [0.15, 0.2) is 52.2 Å². The molecule has 2 heterocycles. The van der Waals surface area contributed by atoms with Crippen molar-refractivity contribution in [2.45, 2.75) is 32.5 Å². The minimum Gasteiger partial charge on any atom is -0.449 e. The third-order valence-corrected chi connectivity index (χ3v) is 6.10. The summed E-state index contributed by atoms with van der Waals surface area (Å²) in [6.45, 7) is 0.674. The highest BCUT2D eigenvalue weighted by Gasteiger charge is 2.33. The fraction of sp³-hybridized carbons (Fsp3) is 0.250. The monoisotopic (exact) mass is 503 g/mol. The van der Waals surface area contributed by atoms with Crippen LogP contribution in [0.4, 0.5) is 23.7 Å². The van der Waals surface area contributed by atoms with Gasteiger partial charge in [0.15, 0.2) is 0 Å². The average Bonchev–Trinajstić information content (AvgIpc) is 2.80. The summed E-state index contributed by atoms with van der Waals surface area (Å²) in [5.74, 6) is -0.772. The van der Waals surface area contributed by atoms with E-state index in [2.05, 4.69) is 4.74 Å². The third-order valence-electron chi connectivity index (χ3n) is 6.10. The summed E-state index contributed by atoms with van der Waals surface area (Å²) in [7, 11) is 1.61. The number of benzene rings is 2. The van der Waals surface area contributed by atoms with Gasteiger partial charge in [0.1, 0.15) is 0 Å². The molecule has 9 nitrogen and oxygen atoms in total. The fourth-order valence-electron chi connectivity index (χ4n) is 4.19. The van der Waals surface area contributed by atoms with Gasteiger partial charge >= 0.3 is 18.0 Å². The average molecular weight is 503 g/mol. The summed E-state index contributed by atoms with van der Waals surface area (Å²) in [6, 6.07) is 8.13. The third kappa shape index (κ3) is 4.49. The first-order valence-corrected chi connectivity index (χ1v) is 10.7. The highest BCUT2D eigenvalue weighted by molar-refractivity contribution is 5.96. The minimum atomic E-state index is -4.64. The van der Waals surface area contributed by atoms with Crippen LogP contribution in [0.1, 0.15) is 28.7 Å². The Morgan fingerprint density at radius 3 is 2.50 bits per heavy atom. The van der Waals surface area contributed by atoms with Crippen LogP contribution in [0, 0.1) is 6.92 Å². The smallest absolute Gasteiger partial charge is 0.449 e. The maximum Gasteiger partial charge on any atom is 0.511 e. The van der Waals surface area contributed by atoms with Crippen molar-refractivity contribution in [3.05, 3.63) is 85.7 Å². The number of amides is 1. The van der Waals surface area contributed by atoms with E-state index in [0.29, 0.717) is 16.7 Å². The van der Waals surface area contributed by atoms with Crippen LogP contribution < -0.4 is 20.9 Å². The molecule has 4 rings (SSSR count). The van der Waals surface area contributed by atoms with E-state index in [1.54, 1.807) is 19.2 Å². The van der Waals surface area contributed by atoms with E-state index in [9.17, 15) is 32.3 Å². The molecule has 1 N–H and O–H groups in total. The molecule has 0 saturated carbocycles. The van der Waals surface area contributed by atoms with Crippen molar-refractivity contribution in [2.24, 2.45) is 0 Å². The number of anilines is 1. The fourth-order valence-corrected chi connectivity index (χ4v) is 4.19. The predicted molar refractivity (Wildman–Crippen MR) is 122 cm³/mol. The second-order valence-electron chi connectivity index (χ2n) is 8.26. The van der Waals surface area contributed by atoms with Crippen molar-refractivity contribution < 1.29 is 32.6 Å². The van der Waals surface area contributed by atoms with Crippen LogP contribution in [0.25, 0.3) is 5.69 Å². The maximum absolute atomic E-state index is 13.4. The van der Waals surface area contributed by atoms with Gasteiger partial charge < -0.3 is 14.7 Å². The van der Waals surface area contributed by atoms with Gasteiger partial charge in [-0.1, -0.05) is 12.1 Å². The lowest BCUT2D eigenvalue weighted by Crippen LogP contribution is -2.40. The number of rotatable bonds is 4. The lowest BCUT2D eigenvalue weighted by Gasteiger charge is -2.26. The van der Waals surface area contributed by atoms with Crippen molar-refractivity contribution in [1.82, 2.24) is 9.13 Å². The predicted octanol–water partition coefficient (Wildman–Crippen LogP) is 3.34. The number of halogens is 3. The van der Waals surface area contributed by atoms with Gasteiger partial charge in [-0.3, -0.25) is 18.7 Å². The second-order valence-corrected chi connectivity index (χ2v) is 8.26. The maximum atomic E-state index is 13.4. The Hall–Kier alpha value is -4.35. The van der Waals surface area contributed by atoms with Gasteiger partial charge in [-0.2, -0.15) is 13.2 Å². The van der Waals surface area contributed by atoms with Gasteiger partial charge in [-0.15, -0.1) is 0 Å². The normalized spacial score (nSPS) is 13.5. The zero-order valence-corrected chi connectivity index (χ0v) is 19.1. The van der Waals surface area contributed by atoms with Crippen molar-refractivity contribution in [2.75, 3.05) is 11.9 Å². The van der Waals surface area contributed by atoms with E-state index in [1.807, 2.05) is 0 Å². The van der Waals surface area contributed by atoms with Gasteiger partial charge in [-0.05, 0) is 54.3 Å².